The third-order valence-corrected chi connectivity index (χ3v) is 5.92. The summed E-state index contributed by atoms with van der Waals surface area (Å²) in [6.45, 7) is 6.14. The maximum Gasteiger partial charge on any atom is 0.273 e. The number of thiazole rings is 1. The van der Waals surface area contributed by atoms with Gasteiger partial charge in [-0.25, -0.2) is 9.37 Å². The number of rotatable bonds is 6. The number of halogens is 1. The number of carbonyl (C=O) groups excluding carboxylic acids is 3. The van der Waals surface area contributed by atoms with E-state index in [0.717, 1.165) is 30.2 Å². The molecule has 7 nitrogen and oxygen atoms in total. The van der Waals surface area contributed by atoms with E-state index >= 15 is 0 Å². The molecule has 160 valence electrons. The number of amides is 3. The molecule has 0 bridgehead atoms. The topological polar surface area (TPSA) is 82.6 Å². The molecular weight excluding hydrogens is 407 g/mol. The highest BCUT2D eigenvalue weighted by Crippen LogP contribution is 2.23. The zero-order chi connectivity index (χ0) is 21.7. The number of hydrogen-bond donors (Lipinski definition) is 1. The monoisotopic (exact) mass is 432 g/mol. The molecule has 1 aliphatic rings. The number of nitrogens with one attached hydrogen (secondary N) is 1. The molecule has 1 aliphatic heterocycles. The fraction of sp³-hybridized carbons (Fsp3) is 0.429. The minimum absolute atomic E-state index is 0.0822. The van der Waals surface area contributed by atoms with Crippen molar-refractivity contribution in [3.8, 4) is 0 Å². The molecule has 1 unspecified atom stereocenters. The Balaban J connectivity index is 1.64. The van der Waals surface area contributed by atoms with E-state index in [1.165, 1.54) is 18.2 Å². The molecule has 0 aliphatic carbocycles. The number of carbonyl (C=O) groups is 3. The molecule has 3 amide bonds. The Morgan fingerprint density at radius 3 is 2.77 bits per heavy atom. The quantitative estimate of drug-likeness (QED) is 0.760. The van der Waals surface area contributed by atoms with Crippen molar-refractivity contribution >= 4 is 34.2 Å². The maximum atomic E-state index is 13.3. The van der Waals surface area contributed by atoms with E-state index in [9.17, 15) is 18.8 Å². The lowest BCUT2D eigenvalue weighted by molar-refractivity contribution is -0.136. The van der Waals surface area contributed by atoms with E-state index in [0.29, 0.717) is 26.2 Å². The van der Waals surface area contributed by atoms with Crippen LogP contribution >= 0.6 is 11.3 Å². The van der Waals surface area contributed by atoms with E-state index < -0.39 is 11.7 Å². The van der Waals surface area contributed by atoms with Gasteiger partial charge in [-0.05, 0) is 44.9 Å². The number of nitrogens with zero attached hydrogens (tertiary/aromatic N) is 3. The largest absolute Gasteiger partial charge is 0.343 e. The normalized spacial score (nSPS) is 16.2. The lowest BCUT2D eigenvalue weighted by atomic mass is 9.96. The average molecular weight is 433 g/mol. The number of likely N-dealkylation sites (tertiary alicyclic amines) is 1. The van der Waals surface area contributed by atoms with E-state index in [-0.39, 0.29) is 34.1 Å². The molecule has 1 N–H and O–H groups in total. The molecule has 9 heteroatoms. The van der Waals surface area contributed by atoms with Crippen molar-refractivity contribution in [1.82, 2.24) is 14.8 Å². The van der Waals surface area contributed by atoms with Gasteiger partial charge in [0.2, 0.25) is 5.91 Å². The van der Waals surface area contributed by atoms with Gasteiger partial charge in [-0.15, -0.1) is 11.3 Å². The summed E-state index contributed by atoms with van der Waals surface area (Å²) in [5.41, 5.74) is 0.400. The summed E-state index contributed by atoms with van der Waals surface area (Å²) in [5.74, 6) is -1.37. The van der Waals surface area contributed by atoms with Crippen LogP contribution in [-0.2, 0) is 4.79 Å². The molecule has 2 aromatic rings. The molecule has 0 radical (unpaired) electrons. The third-order valence-electron chi connectivity index (χ3n) is 5.16. The van der Waals surface area contributed by atoms with Gasteiger partial charge in [0.1, 0.15) is 11.5 Å². The summed E-state index contributed by atoms with van der Waals surface area (Å²) >= 11 is 1.13. The lowest BCUT2D eigenvalue weighted by Crippen LogP contribution is -2.46. The Bertz CT molecular complexity index is 928. The third kappa shape index (κ3) is 5.02. The van der Waals surface area contributed by atoms with Gasteiger partial charge in [-0.1, -0.05) is 6.07 Å². The minimum Gasteiger partial charge on any atom is -0.343 e. The van der Waals surface area contributed by atoms with Gasteiger partial charge in [0.15, 0.2) is 5.13 Å². The summed E-state index contributed by atoms with van der Waals surface area (Å²) in [7, 11) is 0. The fourth-order valence-corrected chi connectivity index (χ4v) is 4.23. The van der Waals surface area contributed by atoms with Crippen LogP contribution in [0.3, 0.4) is 0 Å². The SMILES string of the molecule is CCN(CC)C(=O)C1CCCN(C(=O)c2csc(NC(=O)c3cccc(F)c3)n2)C1. The highest BCUT2D eigenvalue weighted by atomic mass is 32.1. The number of hydrogen-bond acceptors (Lipinski definition) is 5. The van der Waals surface area contributed by atoms with E-state index in [2.05, 4.69) is 10.3 Å². The minimum atomic E-state index is -0.503. The van der Waals surface area contributed by atoms with Crippen LogP contribution in [0.2, 0.25) is 0 Å². The summed E-state index contributed by atoms with van der Waals surface area (Å²) in [4.78, 5) is 45.4. The molecule has 2 heterocycles. The Labute approximate surface area is 178 Å². The molecule has 1 fully saturated rings. The second kappa shape index (κ2) is 9.80. The number of anilines is 1. The Hall–Kier alpha value is -2.81. The highest BCUT2D eigenvalue weighted by Gasteiger charge is 2.31. The first-order valence-electron chi connectivity index (χ1n) is 10.0. The number of aromatic nitrogens is 1. The first kappa shape index (κ1) is 21.9. The zero-order valence-corrected chi connectivity index (χ0v) is 17.9. The Morgan fingerprint density at radius 1 is 1.30 bits per heavy atom. The standard InChI is InChI=1S/C21H25FN4O3S/c1-3-25(4-2)19(28)15-8-6-10-26(12-15)20(29)17-13-30-21(23-17)24-18(27)14-7-5-9-16(22)11-14/h5,7,9,11,13,15H,3-4,6,8,10,12H2,1-2H3,(H,23,24,27). The van der Waals surface area contributed by atoms with Crippen LogP contribution in [0.25, 0.3) is 0 Å². The lowest BCUT2D eigenvalue weighted by Gasteiger charge is -2.34. The van der Waals surface area contributed by atoms with Gasteiger partial charge < -0.3 is 9.80 Å². The zero-order valence-electron chi connectivity index (χ0n) is 17.1. The molecule has 1 aromatic carbocycles. The summed E-state index contributed by atoms with van der Waals surface area (Å²) < 4.78 is 13.3. The number of piperidine rings is 1. The predicted molar refractivity (Wildman–Crippen MR) is 113 cm³/mol. The van der Waals surface area contributed by atoms with E-state index in [1.807, 2.05) is 13.8 Å². The summed E-state index contributed by atoms with van der Waals surface area (Å²) in [5, 5.41) is 4.44. The van der Waals surface area contributed by atoms with Gasteiger partial charge in [-0.2, -0.15) is 0 Å². The first-order valence-corrected chi connectivity index (χ1v) is 10.9. The van der Waals surface area contributed by atoms with Gasteiger partial charge in [0, 0.05) is 37.1 Å². The van der Waals surface area contributed by atoms with E-state index in [1.54, 1.807) is 15.2 Å². The van der Waals surface area contributed by atoms with E-state index in [4.69, 9.17) is 0 Å². The van der Waals surface area contributed by atoms with Crippen molar-refractivity contribution in [2.75, 3.05) is 31.5 Å². The summed E-state index contributed by atoms with van der Waals surface area (Å²) in [6.07, 6.45) is 1.53. The molecular formula is C21H25FN4O3S. The summed E-state index contributed by atoms with van der Waals surface area (Å²) in [6, 6.07) is 5.34. The van der Waals surface area contributed by atoms with Crippen LogP contribution in [-0.4, -0.2) is 58.7 Å². The Kier molecular flexibility index (Phi) is 7.15. The fourth-order valence-electron chi connectivity index (χ4n) is 3.55. The smallest absolute Gasteiger partial charge is 0.273 e. The van der Waals surface area contributed by atoms with Crippen molar-refractivity contribution in [2.45, 2.75) is 26.7 Å². The van der Waals surface area contributed by atoms with Crippen LogP contribution in [0.4, 0.5) is 9.52 Å². The van der Waals surface area contributed by atoms with Crippen molar-refractivity contribution in [1.29, 1.82) is 0 Å². The second-order valence-electron chi connectivity index (χ2n) is 7.10. The highest BCUT2D eigenvalue weighted by molar-refractivity contribution is 7.14. The van der Waals surface area contributed by atoms with Gasteiger partial charge >= 0.3 is 0 Å². The van der Waals surface area contributed by atoms with Crippen LogP contribution in [0.1, 0.15) is 47.5 Å². The van der Waals surface area contributed by atoms with Gasteiger partial charge in [0.25, 0.3) is 11.8 Å². The first-order chi connectivity index (χ1) is 14.4. The van der Waals surface area contributed by atoms with Gasteiger partial charge in [0.05, 0.1) is 5.92 Å². The molecule has 1 atom stereocenters. The van der Waals surface area contributed by atoms with Crippen molar-refractivity contribution in [3.05, 3.63) is 46.7 Å². The van der Waals surface area contributed by atoms with Crippen molar-refractivity contribution < 1.29 is 18.8 Å². The maximum absolute atomic E-state index is 13.3. The number of benzene rings is 1. The molecule has 1 aromatic heterocycles. The average Bonchev–Trinajstić information content (AvgIpc) is 3.22. The molecule has 1 saturated heterocycles. The van der Waals surface area contributed by atoms with Crippen molar-refractivity contribution in [2.24, 2.45) is 5.92 Å². The molecule has 30 heavy (non-hydrogen) atoms. The molecule has 0 spiro atoms. The second-order valence-corrected chi connectivity index (χ2v) is 7.96. The molecule has 3 rings (SSSR count). The van der Waals surface area contributed by atoms with Crippen LogP contribution in [0, 0.1) is 11.7 Å². The predicted octanol–water partition coefficient (Wildman–Crippen LogP) is 3.26. The van der Waals surface area contributed by atoms with Crippen LogP contribution < -0.4 is 5.32 Å². The van der Waals surface area contributed by atoms with Gasteiger partial charge in [-0.3, -0.25) is 19.7 Å². The van der Waals surface area contributed by atoms with Crippen LogP contribution in [0.15, 0.2) is 29.6 Å². The molecule has 0 saturated carbocycles. The Morgan fingerprint density at radius 2 is 2.07 bits per heavy atom. The van der Waals surface area contributed by atoms with Crippen molar-refractivity contribution in [3.63, 3.8) is 0 Å². The van der Waals surface area contributed by atoms with Crippen LogP contribution in [0.5, 0.6) is 0 Å².